The Balaban J connectivity index is 1.86. The zero-order valence-corrected chi connectivity index (χ0v) is 9.15. The van der Waals surface area contributed by atoms with Gasteiger partial charge in [0.2, 0.25) is 0 Å². The van der Waals surface area contributed by atoms with Gasteiger partial charge in [0.05, 0.1) is 0 Å². The lowest BCUT2D eigenvalue weighted by Crippen LogP contribution is -2.48. The van der Waals surface area contributed by atoms with E-state index in [9.17, 15) is 0 Å². The first-order chi connectivity index (χ1) is 6.79. The lowest BCUT2D eigenvalue weighted by Gasteiger charge is -2.33. The highest BCUT2D eigenvalue weighted by Gasteiger charge is 2.33. The summed E-state index contributed by atoms with van der Waals surface area (Å²) in [5, 5.41) is 7.57. The molecule has 2 rings (SSSR count). The van der Waals surface area contributed by atoms with Crippen LogP contribution in [0, 0.1) is 5.92 Å². The summed E-state index contributed by atoms with van der Waals surface area (Å²) in [5.41, 5.74) is 0. The van der Waals surface area contributed by atoms with Crippen molar-refractivity contribution >= 4 is 17.3 Å². The van der Waals surface area contributed by atoms with E-state index in [0.29, 0.717) is 6.04 Å². The number of nitrogens with zero attached hydrogens (tertiary/aromatic N) is 1. The Morgan fingerprint density at radius 1 is 1.64 bits per heavy atom. The van der Waals surface area contributed by atoms with Crippen LogP contribution in [0.15, 0.2) is 12.7 Å². The number of rotatable bonds is 2. The van der Waals surface area contributed by atoms with Crippen molar-refractivity contribution in [2.24, 2.45) is 5.92 Å². The van der Waals surface area contributed by atoms with Crippen molar-refractivity contribution in [3.63, 3.8) is 0 Å². The van der Waals surface area contributed by atoms with Gasteiger partial charge >= 0.3 is 0 Å². The van der Waals surface area contributed by atoms with E-state index in [1.165, 1.54) is 6.42 Å². The van der Waals surface area contributed by atoms with Gasteiger partial charge in [-0.25, -0.2) is 0 Å². The third kappa shape index (κ3) is 2.07. The third-order valence-electron chi connectivity index (χ3n) is 2.92. The van der Waals surface area contributed by atoms with Crippen LogP contribution in [0.3, 0.4) is 0 Å². The lowest BCUT2D eigenvalue weighted by atomic mass is 10.0. The summed E-state index contributed by atoms with van der Waals surface area (Å²) < 4.78 is 0. The van der Waals surface area contributed by atoms with Gasteiger partial charge in [0, 0.05) is 32.2 Å². The highest BCUT2D eigenvalue weighted by atomic mass is 32.1. The third-order valence-corrected chi connectivity index (χ3v) is 3.32. The maximum absolute atomic E-state index is 5.31. The molecule has 3 nitrogen and oxygen atoms in total. The predicted molar refractivity (Wildman–Crippen MR) is 62.3 cm³/mol. The van der Waals surface area contributed by atoms with Crippen LogP contribution in [-0.4, -0.2) is 42.2 Å². The quantitative estimate of drug-likeness (QED) is 0.509. The van der Waals surface area contributed by atoms with Crippen LogP contribution in [0.2, 0.25) is 0 Å². The second kappa shape index (κ2) is 4.28. The van der Waals surface area contributed by atoms with Gasteiger partial charge in [-0.05, 0) is 24.6 Å². The van der Waals surface area contributed by atoms with Gasteiger partial charge in [0.15, 0.2) is 5.11 Å². The maximum Gasteiger partial charge on any atom is 0.169 e. The number of thiocarbonyl (C=S) groups is 1. The van der Waals surface area contributed by atoms with Gasteiger partial charge in [0.25, 0.3) is 0 Å². The lowest BCUT2D eigenvalue weighted by molar-refractivity contribution is 0.285. The average Bonchev–Trinajstić information content (AvgIpc) is 2.54. The number of piperidine rings is 1. The fourth-order valence-corrected chi connectivity index (χ4v) is 2.50. The molecule has 2 fully saturated rings. The van der Waals surface area contributed by atoms with Crippen molar-refractivity contribution in [3.05, 3.63) is 12.7 Å². The Bertz CT molecular complexity index is 230. The van der Waals surface area contributed by atoms with E-state index in [-0.39, 0.29) is 0 Å². The first-order valence-corrected chi connectivity index (χ1v) is 5.57. The van der Waals surface area contributed by atoms with Crippen molar-refractivity contribution in [3.8, 4) is 0 Å². The fourth-order valence-electron chi connectivity index (χ4n) is 2.27. The zero-order valence-electron chi connectivity index (χ0n) is 8.33. The number of likely N-dealkylation sites (tertiary alicyclic amines) is 1. The van der Waals surface area contributed by atoms with Crippen LogP contribution in [0.25, 0.3) is 0 Å². The van der Waals surface area contributed by atoms with E-state index >= 15 is 0 Å². The molecule has 78 valence electrons. The number of nitrogens with one attached hydrogen (secondary N) is 2. The minimum atomic E-state index is 0.650. The Kier molecular flexibility index (Phi) is 3.03. The molecule has 2 aliphatic heterocycles. The predicted octanol–water partition coefficient (Wildman–Crippen LogP) is 0.341. The average molecular weight is 211 g/mol. The van der Waals surface area contributed by atoms with Crippen LogP contribution < -0.4 is 10.6 Å². The van der Waals surface area contributed by atoms with E-state index < -0.39 is 0 Å². The summed E-state index contributed by atoms with van der Waals surface area (Å²) in [4.78, 5) is 2.28. The van der Waals surface area contributed by atoms with Crippen molar-refractivity contribution in [1.82, 2.24) is 15.5 Å². The van der Waals surface area contributed by atoms with Gasteiger partial charge < -0.3 is 15.5 Å². The van der Waals surface area contributed by atoms with E-state index in [1.807, 2.05) is 6.08 Å². The van der Waals surface area contributed by atoms with E-state index in [0.717, 1.165) is 37.2 Å². The van der Waals surface area contributed by atoms with Gasteiger partial charge in [-0.3, -0.25) is 0 Å². The monoisotopic (exact) mass is 211 g/mol. The topological polar surface area (TPSA) is 27.3 Å². The molecule has 0 amide bonds. The molecular formula is C10H17N3S. The number of hydrogen-bond acceptors (Lipinski definition) is 2. The molecule has 4 heteroatoms. The smallest absolute Gasteiger partial charge is 0.169 e. The van der Waals surface area contributed by atoms with Crippen LogP contribution in [-0.2, 0) is 0 Å². The van der Waals surface area contributed by atoms with Crippen LogP contribution in [0.4, 0.5) is 0 Å². The van der Waals surface area contributed by atoms with Gasteiger partial charge in [-0.15, -0.1) is 6.58 Å². The van der Waals surface area contributed by atoms with Crippen molar-refractivity contribution < 1.29 is 0 Å². The molecule has 2 bridgehead atoms. The Labute approximate surface area is 90.5 Å². The molecule has 2 aliphatic rings. The molecule has 0 spiro atoms. The zero-order chi connectivity index (χ0) is 9.97. The molecule has 0 aromatic heterocycles. The Morgan fingerprint density at radius 3 is 3.21 bits per heavy atom. The molecule has 2 N–H and O–H groups in total. The Morgan fingerprint density at radius 2 is 2.50 bits per heavy atom. The molecule has 0 aromatic carbocycles. The summed E-state index contributed by atoms with van der Waals surface area (Å²) >= 11 is 5.31. The first kappa shape index (κ1) is 9.93. The molecular weight excluding hydrogens is 194 g/mol. The number of hydrogen-bond donors (Lipinski definition) is 2. The maximum atomic E-state index is 5.31. The second-order valence-corrected chi connectivity index (χ2v) is 4.47. The summed E-state index contributed by atoms with van der Waals surface area (Å²) in [6.07, 6.45) is 3.16. The normalized spacial score (nSPS) is 30.1. The molecule has 0 aromatic rings. The van der Waals surface area contributed by atoms with Crippen molar-refractivity contribution in [2.45, 2.75) is 12.5 Å². The molecule has 2 saturated heterocycles. The molecule has 14 heavy (non-hydrogen) atoms. The first-order valence-electron chi connectivity index (χ1n) is 5.16. The van der Waals surface area contributed by atoms with E-state index in [1.54, 1.807) is 0 Å². The molecule has 0 saturated carbocycles. The van der Waals surface area contributed by atoms with Gasteiger partial charge in [-0.2, -0.15) is 0 Å². The minimum Gasteiger partial charge on any atom is -0.359 e. The molecule has 2 heterocycles. The number of fused-ring (bicyclic) bond motifs is 2. The minimum absolute atomic E-state index is 0.650. The standard InChI is InChI=1S/C10H17N3S/c1-2-3-11-10(14)13-6-8-4-9(7-13)12-5-8/h2,8-9,12H,1,3-7H2,(H,11,14)/t8-,9-/m0/s1. The largest absolute Gasteiger partial charge is 0.359 e. The highest BCUT2D eigenvalue weighted by molar-refractivity contribution is 7.80. The van der Waals surface area contributed by atoms with E-state index in [4.69, 9.17) is 12.2 Å². The Hall–Kier alpha value is -0.610. The molecule has 2 atom stereocenters. The van der Waals surface area contributed by atoms with Crippen LogP contribution >= 0.6 is 12.2 Å². The second-order valence-electron chi connectivity index (χ2n) is 4.09. The van der Waals surface area contributed by atoms with Crippen molar-refractivity contribution in [1.29, 1.82) is 0 Å². The van der Waals surface area contributed by atoms with Crippen molar-refractivity contribution in [2.75, 3.05) is 26.2 Å². The summed E-state index contributed by atoms with van der Waals surface area (Å²) in [6, 6.07) is 0.650. The molecule has 0 aliphatic carbocycles. The summed E-state index contributed by atoms with van der Waals surface area (Å²) in [6.45, 7) is 7.75. The fraction of sp³-hybridized carbons (Fsp3) is 0.700. The van der Waals surface area contributed by atoms with E-state index in [2.05, 4.69) is 22.1 Å². The summed E-state index contributed by atoms with van der Waals surface area (Å²) in [5.74, 6) is 0.789. The SMILES string of the molecule is C=CCNC(=S)N1C[C@@H]2CN[C@@H](C2)C1. The van der Waals surface area contributed by atoms with Crippen LogP contribution in [0.5, 0.6) is 0 Å². The summed E-state index contributed by atoms with van der Waals surface area (Å²) in [7, 11) is 0. The van der Waals surface area contributed by atoms with Crippen LogP contribution in [0.1, 0.15) is 6.42 Å². The highest BCUT2D eigenvalue weighted by Crippen LogP contribution is 2.21. The molecule has 0 unspecified atom stereocenters. The van der Waals surface area contributed by atoms with Gasteiger partial charge in [0.1, 0.15) is 0 Å². The van der Waals surface area contributed by atoms with Gasteiger partial charge in [-0.1, -0.05) is 6.08 Å². The molecule has 0 radical (unpaired) electrons.